The summed E-state index contributed by atoms with van der Waals surface area (Å²) in [6.07, 6.45) is -3.09. The number of rotatable bonds is 6. The highest BCUT2D eigenvalue weighted by Gasteiger charge is 2.31. The molecule has 2 aromatic carbocycles. The Kier molecular flexibility index (Phi) is 6.22. The largest absolute Gasteiger partial charge is 0.456 e. The number of hydrogen-bond acceptors (Lipinski definition) is 7. The fourth-order valence-corrected chi connectivity index (χ4v) is 3.04. The van der Waals surface area contributed by atoms with Gasteiger partial charge in [0.15, 0.2) is 0 Å². The number of nitro benzene ring substituents is 1. The van der Waals surface area contributed by atoms with Gasteiger partial charge in [0.25, 0.3) is 5.69 Å². The summed E-state index contributed by atoms with van der Waals surface area (Å²) in [5.41, 5.74) is -0.329. The van der Waals surface area contributed by atoms with E-state index in [-0.39, 0.29) is 28.7 Å². The van der Waals surface area contributed by atoms with Crippen LogP contribution in [0.3, 0.4) is 0 Å². The molecule has 0 aliphatic heterocycles. The van der Waals surface area contributed by atoms with Crippen LogP contribution >= 0.6 is 22.9 Å². The van der Waals surface area contributed by atoms with Crippen molar-refractivity contribution >= 4 is 34.6 Å². The lowest BCUT2D eigenvalue weighted by atomic mass is 10.1. The molecule has 0 radical (unpaired) electrons. The van der Waals surface area contributed by atoms with Gasteiger partial charge in [0.05, 0.1) is 25.9 Å². The molecule has 0 fully saturated rings. The maximum atomic E-state index is 12.7. The van der Waals surface area contributed by atoms with Crippen molar-refractivity contribution in [2.45, 2.75) is 12.8 Å². The molecule has 0 aliphatic rings. The van der Waals surface area contributed by atoms with E-state index >= 15 is 0 Å². The predicted octanol–water partition coefficient (Wildman–Crippen LogP) is 5.87. The minimum Gasteiger partial charge on any atom is -0.456 e. The predicted molar refractivity (Wildman–Crippen MR) is 101 cm³/mol. The number of ether oxygens (including phenoxy) is 2. The molecule has 0 amide bonds. The molecule has 0 saturated carbocycles. The molecule has 0 atom stereocenters. The first-order chi connectivity index (χ1) is 14.1. The van der Waals surface area contributed by atoms with Gasteiger partial charge < -0.3 is 9.47 Å². The van der Waals surface area contributed by atoms with E-state index in [4.69, 9.17) is 21.1 Å². The minimum atomic E-state index is -4.58. The lowest BCUT2D eigenvalue weighted by Gasteiger charge is -2.12. The van der Waals surface area contributed by atoms with Crippen molar-refractivity contribution in [1.29, 1.82) is 0 Å². The molecule has 156 valence electrons. The SMILES string of the molecule is O=C(OCc1cncs1)c1cc(Oc2ccc(C(F)(F)F)cc2Cl)ccc1[N+](=O)[O-]. The van der Waals surface area contributed by atoms with Crippen LogP contribution in [-0.4, -0.2) is 15.9 Å². The summed E-state index contributed by atoms with van der Waals surface area (Å²) < 4.78 is 48.7. The van der Waals surface area contributed by atoms with E-state index in [0.717, 1.165) is 24.3 Å². The first-order valence-electron chi connectivity index (χ1n) is 8.02. The van der Waals surface area contributed by atoms with Gasteiger partial charge in [-0.3, -0.25) is 15.1 Å². The Hall–Kier alpha value is -3.18. The first kappa shape index (κ1) is 21.5. The average Bonchev–Trinajstić information content (AvgIpc) is 3.20. The van der Waals surface area contributed by atoms with Crippen LogP contribution in [0.25, 0.3) is 0 Å². The van der Waals surface area contributed by atoms with Gasteiger partial charge in [0.1, 0.15) is 23.7 Å². The van der Waals surface area contributed by atoms with Crippen LogP contribution < -0.4 is 4.74 Å². The topological polar surface area (TPSA) is 91.6 Å². The van der Waals surface area contributed by atoms with Gasteiger partial charge in [0, 0.05) is 18.3 Å². The molecule has 1 aromatic heterocycles. The third-order valence-corrected chi connectivity index (χ3v) is 4.75. The molecule has 3 rings (SSSR count). The Labute approximate surface area is 175 Å². The Morgan fingerprint density at radius 2 is 2.00 bits per heavy atom. The molecule has 0 N–H and O–H groups in total. The number of carbonyl (C=O) groups excluding carboxylic acids is 1. The molecule has 1 heterocycles. The number of halogens is 4. The lowest BCUT2D eigenvalue weighted by Crippen LogP contribution is -2.08. The van der Waals surface area contributed by atoms with Crippen molar-refractivity contribution in [2.75, 3.05) is 0 Å². The number of esters is 1. The summed E-state index contributed by atoms with van der Waals surface area (Å²) in [7, 11) is 0. The molecule has 12 heteroatoms. The molecule has 0 unspecified atom stereocenters. The highest BCUT2D eigenvalue weighted by atomic mass is 35.5. The van der Waals surface area contributed by atoms with Crippen molar-refractivity contribution < 1.29 is 32.4 Å². The zero-order valence-corrected chi connectivity index (χ0v) is 16.3. The van der Waals surface area contributed by atoms with Gasteiger partial charge in [-0.05, 0) is 24.3 Å². The third-order valence-electron chi connectivity index (χ3n) is 3.70. The molecule has 0 spiro atoms. The summed E-state index contributed by atoms with van der Waals surface area (Å²) in [5, 5.41) is 10.9. The van der Waals surface area contributed by atoms with Crippen molar-refractivity contribution in [3.63, 3.8) is 0 Å². The van der Waals surface area contributed by atoms with Gasteiger partial charge in [-0.1, -0.05) is 11.6 Å². The normalized spacial score (nSPS) is 11.2. The minimum absolute atomic E-state index is 0.0491. The van der Waals surface area contributed by atoms with Gasteiger partial charge >= 0.3 is 12.1 Å². The van der Waals surface area contributed by atoms with Crippen LogP contribution in [0.15, 0.2) is 48.1 Å². The van der Waals surface area contributed by atoms with Gasteiger partial charge in [-0.15, -0.1) is 11.3 Å². The van der Waals surface area contributed by atoms with Gasteiger partial charge in [-0.2, -0.15) is 13.2 Å². The molecule has 0 saturated heterocycles. The van der Waals surface area contributed by atoms with Crippen LogP contribution in [-0.2, 0) is 17.5 Å². The van der Waals surface area contributed by atoms with Crippen LogP contribution in [0, 0.1) is 10.1 Å². The monoisotopic (exact) mass is 458 g/mol. The number of carbonyl (C=O) groups is 1. The second-order valence-corrected chi connectivity index (χ2v) is 7.10. The average molecular weight is 459 g/mol. The Balaban J connectivity index is 1.85. The van der Waals surface area contributed by atoms with Gasteiger partial charge in [-0.25, -0.2) is 4.79 Å². The highest BCUT2D eigenvalue weighted by molar-refractivity contribution is 7.09. The van der Waals surface area contributed by atoms with E-state index in [2.05, 4.69) is 4.98 Å². The number of nitrogens with zero attached hydrogens (tertiary/aromatic N) is 2. The van der Waals surface area contributed by atoms with Crippen molar-refractivity contribution in [3.8, 4) is 11.5 Å². The van der Waals surface area contributed by atoms with E-state index < -0.39 is 28.3 Å². The number of alkyl halides is 3. The molecule has 0 aliphatic carbocycles. The molecular weight excluding hydrogens is 449 g/mol. The smallest absolute Gasteiger partial charge is 0.416 e. The van der Waals surface area contributed by atoms with E-state index in [0.29, 0.717) is 10.9 Å². The fraction of sp³-hybridized carbons (Fsp3) is 0.111. The molecular formula is C18H10ClF3N2O5S. The summed E-state index contributed by atoms with van der Waals surface area (Å²) >= 11 is 7.08. The molecule has 30 heavy (non-hydrogen) atoms. The Morgan fingerprint density at radius 3 is 2.60 bits per heavy atom. The Bertz CT molecular complexity index is 1090. The maximum Gasteiger partial charge on any atom is 0.416 e. The molecule has 7 nitrogen and oxygen atoms in total. The number of nitro groups is 1. The summed E-state index contributed by atoms with van der Waals surface area (Å²) in [4.78, 5) is 27.3. The van der Waals surface area contributed by atoms with E-state index in [1.807, 2.05) is 0 Å². The van der Waals surface area contributed by atoms with Crippen LogP contribution in [0.1, 0.15) is 20.8 Å². The second-order valence-electron chi connectivity index (χ2n) is 5.72. The van der Waals surface area contributed by atoms with Crippen molar-refractivity contribution in [3.05, 3.63) is 79.2 Å². The van der Waals surface area contributed by atoms with E-state index in [1.165, 1.54) is 29.1 Å². The highest BCUT2D eigenvalue weighted by Crippen LogP contribution is 2.37. The standard InChI is InChI=1S/C18H10ClF3N2O5S/c19-14-5-10(18(20,21)22)1-4-16(14)29-11-2-3-15(24(26)27)13(6-11)17(25)28-8-12-7-23-9-30-12/h1-7,9H,8H2. The number of thiazole rings is 1. The molecule has 3 aromatic rings. The lowest BCUT2D eigenvalue weighted by molar-refractivity contribution is -0.385. The van der Waals surface area contributed by atoms with Crippen LogP contribution in [0.5, 0.6) is 11.5 Å². The Morgan fingerprint density at radius 1 is 1.23 bits per heavy atom. The summed E-state index contributed by atoms with van der Waals surface area (Å²) in [5.74, 6) is -1.14. The van der Waals surface area contributed by atoms with Crippen molar-refractivity contribution in [2.24, 2.45) is 0 Å². The van der Waals surface area contributed by atoms with E-state index in [1.54, 1.807) is 0 Å². The van der Waals surface area contributed by atoms with Crippen molar-refractivity contribution in [1.82, 2.24) is 4.98 Å². The number of hydrogen-bond donors (Lipinski definition) is 0. The third kappa shape index (κ3) is 5.05. The first-order valence-corrected chi connectivity index (χ1v) is 9.28. The fourth-order valence-electron chi connectivity index (χ4n) is 2.32. The second kappa shape index (κ2) is 8.67. The maximum absolute atomic E-state index is 12.7. The van der Waals surface area contributed by atoms with Gasteiger partial charge in [0.2, 0.25) is 0 Å². The van der Waals surface area contributed by atoms with Crippen LogP contribution in [0.2, 0.25) is 5.02 Å². The summed E-state index contributed by atoms with van der Waals surface area (Å²) in [6.45, 7) is -0.129. The zero-order valence-electron chi connectivity index (χ0n) is 14.7. The number of aromatic nitrogens is 1. The summed E-state index contributed by atoms with van der Waals surface area (Å²) in [6, 6.07) is 5.74. The quantitative estimate of drug-likeness (QED) is 0.260. The van der Waals surface area contributed by atoms with Crippen LogP contribution in [0.4, 0.5) is 18.9 Å². The molecule has 0 bridgehead atoms. The zero-order chi connectivity index (χ0) is 21.9. The van der Waals surface area contributed by atoms with E-state index in [9.17, 15) is 28.1 Å². The number of benzene rings is 2.